The Morgan fingerprint density at radius 3 is 2.39 bits per heavy atom. The zero-order valence-corrected chi connectivity index (χ0v) is 12.7. The lowest BCUT2D eigenvalue weighted by atomic mass is 9.91. The van der Waals surface area contributed by atoms with Crippen molar-refractivity contribution < 1.29 is 0 Å². The summed E-state index contributed by atoms with van der Waals surface area (Å²) in [6, 6.07) is 1.77. The van der Waals surface area contributed by atoms with Crippen molar-refractivity contribution in [1.29, 1.82) is 0 Å². The van der Waals surface area contributed by atoms with Crippen LogP contribution in [0.4, 0.5) is 0 Å². The van der Waals surface area contributed by atoms with E-state index in [0.29, 0.717) is 30.0 Å². The second-order valence-corrected chi connectivity index (χ2v) is 6.24. The molecule has 0 aromatic heterocycles. The Balaban J connectivity index is 2.80. The third kappa shape index (κ3) is 3.73. The summed E-state index contributed by atoms with van der Waals surface area (Å²) in [5.74, 6) is 4.22. The van der Waals surface area contributed by atoms with Gasteiger partial charge in [0.1, 0.15) is 0 Å². The summed E-state index contributed by atoms with van der Waals surface area (Å²) in [6.07, 6.45) is 7.57. The van der Waals surface area contributed by atoms with Crippen molar-refractivity contribution in [2.24, 2.45) is 11.8 Å². The van der Waals surface area contributed by atoms with Crippen LogP contribution in [0.25, 0.3) is 0 Å². The van der Waals surface area contributed by atoms with Crippen molar-refractivity contribution in [3.8, 4) is 12.3 Å². The molecule has 0 aromatic carbocycles. The maximum atomic E-state index is 5.54. The standard InChI is InChI=1S/C16H30N2/c1-7-9-14(8-2)18-11-15(12(3)4)17-10-16(18)13(5)6/h1,12-17H,8-11H2,2-6H3. The predicted molar refractivity (Wildman–Crippen MR) is 79.5 cm³/mol. The fourth-order valence-electron chi connectivity index (χ4n) is 2.93. The van der Waals surface area contributed by atoms with Gasteiger partial charge >= 0.3 is 0 Å². The molecule has 0 aromatic rings. The molecular weight excluding hydrogens is 220 g/mol. The van der Waals surface area contributed by atoms with Gasteiger partial charge in [0.15, 0.2) is 0 Å². The van der Waals surface area contributed by atoms with Crippen molar-refractivity contribution in [2.75, 3.05) is 13.1 Å². The molecule has 0 radical (unpaired) electrons. The van der Waals surface area contributed by atoms with Crippen LogP contribution in [0.3, 0.4) is 0 Å². The summed E-state index contributed by atoms with van der Waals surface area (Å²) >= 11 is 0. The van der Waals surface area contributed by atoms with E-state index in [4.69, 9.17) is 6.42 Å². The van der Waals surface area contributed by atoms with Gasteiger partial charge in [0, 0.05) is 37.6 Å². The zero-order valence-electron chi connectivity index (χ0n) is 12.7. The first-order valence-corrected chi connectivity index (χ1v) is 7.43. The molecule has 1 rings (SSSR count). The topological polar surface area (TPSA) is 15.3 Å². The van der Waals surface area contributed by atoms with Crippen LogP contribution in [-0.2, 0) is 0 Å². The summed E-state index contributed by atoms with van der Waals surface area (Å²) in [7, 11) is 0. The normalized spacial score (nSPS) is 27.4. The highest BCUT2D eigenvalue weighted by atomic mass is 15.3. The van der Waals surface area contributed by atoms with Crippen molar-refractivity contribution in [3.05, 3.63) is 0 Å². The van der Waals surface area contributed by atoms with Gasteiger partial charge in [0.25, 0.3) is 0 Å². The molecule has 2 heteroatoms. The molecule has 1 aliphatic rings. The van der Waals surface area contributed by atoms with E-state index in [2.05, 4.69) is 50.8 Å². The summed E-state index contributed by atoms with van der Waals surface area (Å²) in [5.41, 5.74) is 0. The van der Waals surface area contributed by atoms with Gasteiger partial charge in [-0.1, -0.05) is 34.6 Å². The second-order valence-electron chi connectivity index (χ2n) is 6.24. The molecule has 104 valence electrons. The van der Waals surface area contributed by atoms with Gasteiger partial charge in [-0.25, -0.2) is 0 Å². The molecule has 1 fully saturated rings. The van der Waals surface area contributed by atoms with Crippen LogP contribution in [0, 0.1) is 24.2 Å². The first-order chi connectivity index (χ1) is 8.51. The van der Waals surface area contributed by atoms with Gasteiger partial charge in [0.05, 0.1) is 0 Å². The van der Waals surface area contributed by atoms with Gasteiger partial charge in [-0.15, -0.1) is 12.3 Å². The third-order valence-electron chi connectivity index (χ3n) is 4.29. The monoisotopic (exact) mass is 250 g/mol. The van der Waals surface area contributed by atoms with Crippen LogP contribution < -0.4 is 5.32 Å². The zero-order chi connectivity index (χ0) is 13.7. The van der Waals surface area contributed by atoms with E-state index in [9.17, 15) is 0 Å². The molecule has 18 heavy (non-hydrogen) atoms. The van der Waals surface area contributed by atoms with E-state index in [1.54, 1.807) is 0 Å². The molecule has 0 amide bonds. The Kier molecular flexibility index (Phi) is 6.18. The van der Waals surface area contributed by atoms with Crippen LogP contribution in [0.15, 0.2) is 0 Å². The average molecular weight is 250 g/mol. The maximum Gasteiger partial charge on any atom is 0.0247 e. The Morgan fingerprint density at radius 1 is 1.28 bits per heavy atom. The van der Waals surface area contributed by atoms with E-state index in [-0.39, 0.29) is 0 Å². The number of nitrogens with one attached hydrogen (secondary N) is 1. The highest BCUT2D eigenvalue weighted by Gasteiger charge is 2.34. The van der Waals surface area contributed by atoms with Crippen LogP contribution in [0.5, 0.6) is 0 Å². The van der Waals surface area contributed by atoms with Gasteiger partial charge < -0.3 is 5.32 Å². The fourth-order valence-corrected chi connectivity index (χ4v) is 2.93. The van der Waals surface area contributed by atoms with Crippen molar-refractivity contribution in [1.82, 2.24) is 10.2 Å². The molecule has 0 aliphatic carbocycles. The number of hydrogen-bond acceptors (Lipinski definition) is 2. The van der Waals surface area contributed by atoms with Gasteiger partial charge in [0.2, 0.25) is 0 Å². The lowest BCUT2D eigenvalue weighted by Gasteiger charge is -2.47. The number of nitrogens with zero attached hydrogens (tertiary/aromatic N) is 1. The Hall–Kier alpha value is -0.520. The SMILES string of the molecule is C#CCC(CC)N1CC(C(C)C)NCC1C(C)C. The summed E-state index contributed by atoms with van der Waals surface area (Å²) in [5, 5.41) is 3.71. The maximum absolute atomic E-state index is 5.54. The quantitative estimate of drug-likeness (QED) is 0.755. The van der Waals surface area contributed by atoms with E-state index >= 15 is 0 Å². The van der Waals surface area contributed by atoms with Crippen molar-refractivity contribution in [3.63, 3.8) is 0 Å². The summed E-state index contributed by atoms with van der Waals surface area (Å²) < 4.78 is 0. The minimum absolute atomic E-state index is 0.547. The number of terminal acetylenes is 1. The highest BCUT2D eigenvalue weighted by Crippen LogP contribution is 2.23. The van der Waals surface area contributed by atoms with Crippen molar-refractivity contribution in [2.45, 2.75) is 65.6 Å². The molecule has 0 spiro atoms. The number of piperazine rings is 1. The van der Waals surface area contributed by atoms with Crippen LogP contribution in [0.1, 0.15) is 47.5 Å². The largest absolute Gasteiger partial charge is 0.311 e. The van der Waals surface area contributed by atoms with E-state index in [1.165, 1.54) is 0 Å². The minimum atomic E-state index is 0.547. The molecule has 1 heterocycles. The third-order valence-corrected chi connectivity index (χ3v) is 4.29. The summed E-state index contributed by atoms with van der Waals surface area (Å²) in [6.45, 7) is 13.7. The Labute approximate surface area is 114 Å². The Bertz CT molecular complexity index is 277. The van der Waals surface area contributed by atoms with Gasteiger partial charge in [-0.2, -0.15) is 0 Å². The van der Waals surface area contributed by atoms with E-state index < -0.39 is 0 Å². The van der Waals surface area contributed by atoms with Gasteiger partial charge in [-0.05, 0) is 18.3 Å². The van der Waals surface area contributed by atoms with Crippen LogP contribution in [0.2, 0.25) is 0 Å². The van der Waals surface area contributed by atoms with Crippen molar-refractivity contribution >= 4 is 0 Å². The first kappa shape index (κ1) is 15.5. The van der Waals surface area contributed by atoms with Crippen LogP contribution in [-0.4, -0.2) is 36.1 Å². The smallest absolute Gasteiger partial charge is 0.0247 e. The molecule has 3 unspecified atom stereocenters. The molecule has 3 atom stereocenters. The lowest BCUT2D eigenvalue weighted by molar-refractivity contribution is 0.0453. The number of hydrogen-bond donors (Lipinski definition) is 1. The predicted octanol–water partition coefficient (Wildman–Crippen LogP) is 2.74. The highest BCUT2D eigenvalue weighted by molar-refractivity contribution is 4.96. The molecule has 1 aliphatic heterocycles. The van der Waals surface area contributed by atoms with Crippen LogP contribution >= 0.6 is 0 Å². The molecule has 1 N–H and O–H groups in total. The second kappa shape index (κ2) is 7.16. The van der Waals surface area contributed by atoms with E-state index in [0.717, 1.165) is 25.9 Å². The molecule has 0 bridgehead atoms. The molecule has 1 saturated heterocycles. The first-order valence-electron chi connectivity index (χ1n) is 7.43. The minimum Gasteiger partial charge on any atom is -0.311 e. The molecule has 0 saturated carbocycles. The molecule has 2 nitrogen and oxygen atoms in total. The average Bonchev–Trinajstić information content (AvgIpc) is 2.35. The Morgan fingerprint density at radius 2 is 1.94 bits per heavy atom. The van der Waals surface area contributed by atoms with Gasteiger partial charge in [-0.3, -0.25) is 4.90 Å². The number of rotatable bonds is 5. The summed E-state index contributed by atoms with van der Waals surface area (Å²) in [4.78, 5) is 2.67. The fraction of sp³-hybridized carbons (Fsp3) is 0.875. The lowest BCUT2D eigenvalue weighted by Crippen LogP contribution is -2.62. The van der Waals surface area contributed by atoms with E-state index in [1.807, 2.05) is 0 Å². The molecular formula is C16H30N2.